The number of methoxy groups -OCH3 is 2. The minimum atomic E-state index is -0.356. The molecule has 3 rings (SSSR count). The SMILES string of the molecule is COc1ccc(/C=C2\SC(=O)N(Cc3ccc(Cl)c(Cl)c3)C2=O)cc1OC. The first-order chi connectivity index (χ1) is 12.9. The van der Waals surface area contributed by atoms with Crippen molar-refractivity contribution in [3.8, 4) is 11.5 Å². The molecule has 1 aliphatic heterocycles. The van der Waals surface area contributed by atoms with Gasteiger partial charge in [0.15, 0.2) is 11.5 Å². The molecule has 0 saturated carbocycles. The lowest BCUT2D eigenvalue weighted by atomic mass is 10.1. The number of thioether (sulfide) groups is 1. The van der Waals surface area contributed by atoms with Crippen molar-refractivity contribution in [1.29, 1.82) is 0 Å². The number of rotatable bonds is 5. The molecule has 1 aliphatic rings. The minimum Gasteiger partial charge on any atom is -0.493 e. The maximum atomic E-state index is 12.7. The van der Waals surface area contributed by atoms with Gasteiger partial charge in [-0.05, 0) is 53.2 Å². The van der Waals surface area contributed by atoms with Gasteiger partial charge >= 0.3 is 0 Å². The molecule has 5 nitrogen and oxygen atoms in total. The van der Waals surface area contributed by atoms with Gasteiger partial charge in [-0.15, -0.1) is 0 Å². The van der Waals surface area contributed by atoms with Crippen LogP contribution in [-0.4, -0.2) is 30.3 Å². The molecule has 0 atom stereocenters. The Balaban J connectivity index is 1.83. The minimum absolute atomic E-state index is 0.130. The highest BCUT2D eigenvalue weighted by molar-refractivity contribution is 8.18. The summed E-state index contributed by atoms with van der Waals surface area (Å²) in [5.74, 6) is 0.773. The van der Waals surface area contributed by atoms with Crippen LogP contribution in [0, 0.1) is 0 Å². The van der Waals surface area contributed by atoms with Crippen LogP contribution in [0.5, 0.6) is 11.5 Å². The van der Waals surface area contributed by atoms with E-state index in [1.54, 1.807) is 49.6 Å². The highest BCUT2D eigenvalue weighted by Crippen LogP contribution is 2.35. The fraction of sp³-hybridized carbons (Fsp3) is 0.158. The molecule has 0 aliphatic carbocycles. The Bertz CT molecular complexity index is 945. The molecule has 27 heavy (non-hydrogen) atoms. The van der Waals surface area contributed by atoms with Gasteiger partial charge in [-0.3, -0.25) is 14.5 Å². The van der Waals surface area contributed by atoms with Gasteiger partial charge in [-0.2, -0.15) is 0 Å². The molecule has 1 heterocycles. The second-order valence-electron chi connectivity index (χ2n) is 5.63. The Hall–Kier alpha value is -2.15. The summed E-state index contributed by atoms with van der Waals surface area (Å²) in [7, 11) is 3.08. The van der Waals surface area contributed by atoms with Crippen LogP contribution in [0.1, 0.15) is 11.1 Å². The maximum absolute atomic E-state index is 12.7. The molecule has 2 amide bonds. The van der Waals surface area contributed by atoms with E-state index in [-0.39, 0.29) is 17.7 Å². The summed E-state index contributed by atoms with van der Waals surface area (Å²) in [5.41, 5.74) is 1.45. The number of carbonyl (C=O) groups excluding carboxylic acids is 2. The zero-order valence-electron chi connectivity index (χ0n) is 14.5. The molecule has 2 aromatic rings. The van der Waals surface area contributed by atoms with Crippen LogP contribution in [-0.2, 0) is 11.3 Å². The number of ether oxygens (including phenoxy) is 2. The maximum Gasteiger partial charge on any atom is 0.293 e. The highest BCUT2D eigenvalue weighted by Gasteiger charge is 2.35. The molecule has 0 spiro atoms. The molecule has 8 heteroatoms. The Kier molecular flexibility index (Phi) is 5.99. The van der Waals surface area contributed by atoms with Gasteiger partial charge in [0.2, 0.25) is 0 Å². The van der Waals surface area contributed by atoms with Gasteiger partial charge in [-0.25, -0.2) is 0 Å². The predicted octanol–water partition coefficient (Wildman–Crippen LogP) is 5.25. The van der Waals surface area contributed by atoms with Crippen LogP contribution in [0.25, 0.3) is 6.08 Å². The number of amides is 2. The Morgan fingerprint density at radius 3 is 2.41 bits per heavy atom. The highest BCUT2D eigenvalue weighted by atomic mass is 35.5. The summed E-state index contributed by atoms with van der Waals surface area (Å²) in [4.78, 5) is 26.5. The topological polar surface area (TPSA) is 55.8 Å². The van der Waals surface area contributed by atoms with Crippen molar-refractivity contribution in [3.63, 3.8) is 0 Å². The van der Waals surface area contributed by atoms with Crippen LogP contribution >= 0.6 is 35.0 Å². The molecule has 1 fully saturated rings. The molecular weight excluding hydrogens is 409 g/mol. The van der Waals surface area contributed by atoms with E-state index < -0.39 is 0 Å². The summed E-state index contributed by atoms with van der Waals surface area (Å²) in [6, 6.07) is 10.3. The number of hydrogen-bond donors (Lipinski definition) is 0. The first kappa shape index (κ1) is 19.6. The summed E-state index contributed by atoms with van der Waals surface area (Å²) in [5, 5.41) is 0.461. The smallest absolute Gasteiger partial charge is 0.293 e. The average Bonchev–Trinajstić information content (AvgIpc) is 2.92. The second kappa shape index (κ2) is 8.25. The van der Waals surface area contributed by atoms with Crippen molar-refractivity contribution in [3.05, 3.63) is 62.5 Å². The lowest BCUT2D eigenvalue weighted by Crippen LogP contribution is -2.27. The quantitative estimate of drug-likeness (QED) is 0.614. The van der Waals surface area contributed by atoms with Crippen LogP contribution in [0.3, 0.4) is 0 Å². The van der Waals surface area contributed by atoms with Crippen molar-refractivity contribution in [2.75, 3.05) is 14.2 Å². The second-order valence-corrected chi connectivity index (χ2v) is 7.44. The summed E-state index contributed by atoms with van der Waals surface area (Å²) < 4.78 is 10.5. The zero-order chi connectivity index (χ0) is 19.6. The van der Waals surface area contributed by atoms with E-state index >= 15 is 0 Å². The third kappa shape index (κ3) is 4.24. The van der Waals surface area contributed by atoms with Crippen LogP contribution in [0.2, 0.25) is 10.0 Å². The number of benzene rings is 2. The average molecular weight is 424 g/mol. The standard InChI is InChI=1S/C19H15Cl2NO4S/c1-25-15-6-4-11(8-16(15)26-2)9-17-18(23)22(19(24)27-17)10-12-3-5-13(20)14(21)7-12/h3-9H,10H2,1-2H3/b17-9-. The van der Waals surface area contributed by atoms with Gasteiger partial charge < -0.3 is 9.47 Å². The van der Waals surface area contributed by atoms with Gasteiger partial charge in [0.1, 0.15) is 0 Å². The van der Waals surface area contributed by atoms with Crippen molar-refractivity contribution >= 4 is 52.2 Å². The van der Waals surface area contributed by atoms with Crippen molar-refractivity contribution in [2.45, 2.75) is 6.54 Å². The Morgan fingerprint density at radius 2 is 1.74 bits per heavy atom. The molecule has 1 saturated heterocycles. The zero-order valence-corrected chi connectivity index (χ0v) is 16.8. The first-order valence-electron chi connectivity index (χ1n) is 7.84. The summed E-state index contributed by atoms with van der Waals surface area (Å²) in [6.45, 7) is 0.130. The number of halogens is 2. The fourth-order valence-corrected chi connectivity index (χ4v) is 3.71. The van der Waals surface area contributed by atoms with E-state index in [2.05, 4.69) is 0 Å². The normalized spacial score (nSPS) is 15.6. The lowest BCUT2D eigenvalue weighted by molar-refractivity contribution is -0.123. The Labute approximate surface area is 170 Å². The molecule has 0 bridgehead atoms. The molecule has 2 aromatic carbocycles. The van der Waals surface area contributed by atoms with E-state index in [9.17, 15) is 9.59 Å². The lowest BCUT2D eigenvalue weighted by Gasteiger charge is -2.13. The van der Waals surface area contributed by atoms with Crippen LogP contribution < -0.4 is 9.47 Å². The van der Waals surface area contributed by atoms with E-state index in [1.807, 2.05) is 0 Å². The molecule has 0 radical (unpaired) electrons. The Morgan fingerprint density at radius 1 is 1.00 bits per heavy atom. The molecule has 0 unspecified atom stereocenters. The van der Waals surface area contributed by atoms with Crippen LogP contribution in [0.15, 0.2) is 41.3 Å². The van der Waals surface area contributed by atoms with E-state index in [0.29, 0.717) is 26.4 Å². The number of carbonyl (C=O) groups is 2. The molecule has 0 aromatic heterocycles. The number of nitrogens with zero attached hydrogens (tertiary/aromatic N) is 1. The van der Waals surface area contributed by atoms with Gasteiger partial charge in [-0.1, -0.05) is 35.3 Å². The molecule has 140 valence electrons. The van der Waals surface area contributed by atoms with Gasteiger partial charge in [0, 0.05) is 0 Å². The van der Waals surface area contributed by atoms with E-state index in [0.717, 1.165) is 22.9 Å². The third-order valence-electron chi connectivity index (χ3n) is 3.90. The van der Waals surface area contributed by atoms with E-state index in [1.165, 1.54) is 12.0 Å². The van der Waals surface area contributed by atoms with Gasteiger partial charge in [0.25, 0.3) is 11.1 Å². The number of imide groups is 1. The van der Waals surface area contributed by atoms with Gasteiger partial charge in [0.05, 0.1) is 35.7 Å². The first-order valence-corrected chi connectivity index (χ1v) is 9.41. The van der Waals surface area contributed by atoms with Crippen molar-refractivity contribution in [2.24, 2.45) is 0 Å². The molecule has 0 N–H and O–H groups in total. The summed E-state index contributed by atoms with van der Waals surface area (Å²) in [6.07, 6.45) is 1.65. The number of hydrogen-bond acceptors (Lipinski definition) is 5. The largest absolute Gasteiger partial charge is 0.493 e. The predicted molar refractivity (Wildman–Crippen MR) is 108 cm³/mol. The third-order valence-corrected chi connectivity index (χ3v) is 5.55. The molecular formula is C19H15Cl2NO4S. The fourth-order valence-electron chi connectivity index (χ4n) is 2.55. The summed E-state index contributed by atoms with van der Waals surface area (Å²) >= 11 is 12.8. The van der Waals surface area contributed by atoms with Crippen LogP contribution in [0.4, 0.5) is 4.79 Å². The van der Waals surface area contributed by atoms with E-state index in [4.69, 9.17) is 32.7 Å². The monoisotopic (exact) mass is 423 g/mol. The van der Waals surface area contributed by atoms with Crippen molar-refractivity contribution in [1.82, 2.24) is 4.90 Å². The van der Waals surface area contributed by atoms with Crippen molar-refractivity contribution < 1.29 is 19.1 Å².